The van der Waals surface area contributed by atoms with E-state index < -0.39 is 210 Å². The van der Waals surface area contributed by atoms with Crippen molar-refractivity contribution in [3.8, 4) is 11.1 Å². The summed E-state index contributed by atoms with van der Waals surface area (Å²) in [5, 5.41) is 10.7. The number of methoxy groups -OCH3 is 1. The summed E-state index contributed by atoms with van der Waals surface area (Å²) in [6.45, 7) is -4.91. The lowest BCUT2D eigenvalue weighted by molar-refractivity contribution is -0.137. The quantitative estimate of drug-likeness (QED) is 0.146. The molecule has 1 unspecified atom stereocenters. The van der Waals surface area contributed by atoms with Crippen LogP contribution in [0.25, 0.3) is 11.1 Å². The maximum Gasteiger partial charge on any atom is 0.416 e. The van der Waals surface area contributed by atoms with Crippen molar-refractivity contribution in [2.75, 3.05) is 44.7 Å². The third-order valence-electron chi connectivity index (χ3n) is 8.06. The van der Waals surface area contributed by atoms with Crippen molar-refractivity contribution in [3.63, 3.8) is 0 Å². The van der Waals surface area contributed by atoms with E-state index in [-0.39, 0.29) is 43.3 Å². The first kappa shape index (κ1) is 19.4. The molecule has 2 heterocycles. The van der Waals surface area contributed by atoms with Crippen LogP contribution in [0, 0.1) is 18.6 Å². The van der Waals surface area contributed by atoms with E-state index in [2.05, 4.69) is 0 Å². The Hall–Kier alpha value is -4.23. The third kappa shape index (κ3) is 9.29. The number of thioether (sulfide) groups is 1. The highest BCUT2D eigenvalue weighted by molar-refractivity contribution is 8.02. The molecule has 1 fully saturated rings. The Morgan fingerprint density at radius 3 is 2.42 bits per heavy atom. The fraction of sp³-hybridized carbons (Fsp3) is 0.341. The summed E-state index contributed by atoms with van der Waals surface area (Å²) in [5.41, 5.74) is -10.9. The molecule has 4 aromatic carbocycles. The molecule has 0 bridgehead atoms. The molecule has 4 aromatic rings. The van der Waals surface area contributed by atoms with E-state index >= 15 is 9.18 Å². The molecule has 0 saturated carbocycles. The highest BCUT2D eigenvalue weighted by atomic mass is 32.2. The van der Waals surface area contributed by atoms with Crippen LogP contribution < -0.4 is 4.90 Å². The number of alkyl halides is 3. The fourth-order valence-electron chi connectivity index (χ4n) is 5.46. The molecule has 2 aliphatic heterocycles. The van der Waals surface area contributed by atoms with Gasteiger partial charge in [-0.1, -0.05) is 66.0 Å². The number of carbonyl (C=O) groups is 1. The molecule has 0 radical (unpaired) electrons. The lowest BCUT2D eigenvalue weighted by Gasteiger charge is -2.40. The molecular weight excluding hydrogens is 710 g/mol. The molecule has 1 N–H and O–H groups in total. The number of piperidine rings is 1. The second kappa shape index (κ2) is 16.8. The molecule has 0 aliphatic carbocycles. The second-order valence-corrected chi connectivity index (χ2v) is 12.4. The zero-order valence-corrected chi connectivity index (χ0v) is 28.3. The van der Waals surface area contributed by atoms with Crippen LogP contribution in [-0.2, 0) is 28.0 Å². The van der Waals surface area contributed by atoms with E-state index in [1.54, 1.807) is 0 Å². The number of aliphatic hydroxyl groups excluding tert-OH is 1. The van der Waals surface area contributed by atoms with Gasteiger partial charge in [-0.25, -0.2) is 8.78 Å². The van der Waals surface area contributed by atoms with Gasteiger partial charge in [0.25, 0.3) is 0 Å². The number of nitrogens with zero attached hydrogens (tertiary/aromatic N) is 3. The van der Waals surface area contributed by atoms with Crippen molar-refractivity contribution in [2.45, 2.75) is 50.3 Å². The summed E-state index contributed by atoms with van der Waals surface area (Å²) < 4.78 is 262. The number of fused-ring (bicyclic) bond motifs is 1. The lowest BCUT2D eigenvalue weighted by Crippen LogP contribution is -2.50. The number of halogens is 5. The van der Waals surface area contributed by atoms with Crippen LogP contribution in [-0.4, -0.2) is 66.6 Å². The summed E-state index contributed by atoms with van der Waals surface area (Å²) >= 11 is -0.233. The fourth-order valence-corrected chi connectivity index (χ4v) is 6.24. The third-order valence-corrected chi connectivity index (χ3v) is 8.90. The summed E-state index contributed by atoms with van der Waals surface area (Å²) in [7, 11) is -3.00. The van der Waals surface area contributed by atoms with Gasteiger partial charge in [-0.2, -0.15) is 13.2 Å². The number of amides is 1. The average molecular weight is 774 g/mol. The molecule has 1 atom stereocenters. The molecule has 1 saturated heterocycles. The summed E-state index contributed by atoms with van der Waals surface area (Å²) in [4.78, 5) is 18.0. The predicted octanol–water partition coefficient (Wildman–Crippen LogP) is 8.73. The van der Waals surface area contributed by atoms with Crippen molar-refractivity contribution in [1.29, 1.82) is 0 Å². The number of anilines is 1. The molecule has 0 aromatic heterocycles. The van der Waals surface area contributed by atoms with Gasteiger partial charge in [0.15, 0.2) is 11.6 Å². The zero-order valence-electron chi connectivity index (χ0n) is 49.5. The number of benzene rings is 4. The summed E-state index contributed by atoms with van der Waals surface area (Å²) in [6.07, 6.45) is -8.10. The Balaban J connectivity index is 1.53. The van der Waals surface area contributed by atoms with Crippen LogP contribution in [0.1, 0.15) is 76.9 Å². The second-order valence-electron chi connectivity index (χ2n) is 11.6. The Morgan fingerprint density at radius 2 is 1.74 bits per heavy atom. The maximum atomic E-state index is 15.6. The van der Waals surface area contributed by atoms with E-state index in [1.807, 2.05) is 0 Å². The van der Waals surface area contributed by atoms with Gasteiger partial charge in [0.05, 0.1) is 41.9 Å². The van der Waals surface area contributed by atoms with Gasteiger partial charge in [-0.15, -0.1) is 11.8 Å². The van der Waals surface area contributed by atoms with Crippen LogP contribution in [0.4, 0.5) is 27.6 Å². The van der Waals surface area contributed by atoms with E-state index in [0.29, 0.717) is 4.90 Å². The number of ether oxygens (including phenoxy) is 1. The minimum atomic E-state index is -5.39. The number of likely N-dealkylation sites (tertiary alicyclic amines) is 1. The first-order valence-corrected chi connectivity index (χ1v) is 16.5. The topological polar surface area (TPSA) is 56.3 Å². The van der Waals surface area contributed by atoms with Gasteiger partial charge < -0.3 is 24.5 Å². The van der Waals surface area contributed by atoms with Crippen molar-refractivity contribution in [1.82, 2.24) is 9.80 Å². The van der Waals surface area contributed by atoms with E-state index in [0.717, 1.165) is 9.80 Å². The zero-order chi connectivity index (χ0) is 56.8. The van der Waals surface area contributed by atoms with Crippen molar-refractivity contribution < 1.29 is 66.7 Å². The molecule has 6 rings (SSSR count). The van der Waals surface area contributed by atoms with Gasteiger partial charge in [0.1, 0.15) is 12.6 Å². The van der Waals surface area contributed by atoms with Gasteiger partial charge in [-0.05, 0) is 66.7 Å². The Labute approximate surface area is 341 Å². The Kier molecular flexibility index (Phi) is 6.16. The minimum Gasteiger partial charge on any atom is -0.384 e. The molecule has 1 amide bonds. The monoisotopic (exact) mass is 773 g/mol. The number of hydrogen-bond donors (Lipinski definition) is 1. The van der Waals surface area contributed by atoms with Crippen molar-refractivity contribution in [2.24, 2.45) is 0 Å². The normalized spacial score (nSPS) is 23.6. The van der Waals surface area contributed by atoms with E-state index in [9.17, 15) is 22.7 Å². The molecule has 2 aliphatic rings. The standard InChI is InChI=1S/C41H42F5N3O3S/c1-27-6-15-36-34(22-27)37(50)23-39(53-26-31-4-3-5-35(42)40(31)43)49(36)25-38(51)48(33-16-18-47(19-17-33)20-21-52-2)24-28-7-9-29(10-8-28)30-11-13-32(14-12-30)41(44,45)46/h3-15,22-23,33,37,50H,16-21,24-26H2,1-2H3/i2D3,3D,4D,5D,6D,7D,8D,9D,10D,11D,12D,13D,14D,15D,20D2,22D,23D,26D2. The molecule has 53 heavy (non-hydrogen) atoms. The van der Waals surface area contributed by atoms with Gasteiger partial charge in [0, 0.05) is 67.2 Å². The summed E-state index contributed by atoms with van der Waals surface area (Å²) in [6, 6.07) is -18.5. The van der Waals surface area contributed by atoms with Crippen LogP contribution >= 0.6 is 11.8 Å². The summed E-state index contributed by atoms with van der Waals surface area (Å²) in [5.74, 6) is -5.30. The molecular formula is C41H42F5N3O3S. The molecule has 280 valence electrons. The molecule has 6 nitrogen and oxygen atoms in total. The molecule has 12 heteroatoms. The average Bonchev–Trinajstić information content (AvgIpc) is 3.32. The predicted molar refractivity (Wildman–Crippen MR) is 198 cm³/mol. The Bertz CT molecular complexity index is 2960. The minimum absolute atomic E-state index is 0.202. The van der Waals surface area contributed by atoms with Crippen LogP contribution in [0.5, 0.6) is 0 Å². The highest BCUT2D eigenvalue weighted by Gasteiger charge is 2.33. The van der Waals surface area contributed by atoms with E-state index in [1.165, 1.54) is 6.92 Å². The lowest BCUT2D eigenvalue weighted by atomic mass is 9.99. The van der Waals surface area contributed by atoms with Crippen LogP contribution in [0.2, 0.25) is 0 Å². The number of rotatable bonds is 12. The Morgan fingerprint density at radius 1 is 1.04 bits per heavy atom. The smallest absolute Gasteiger partial charge is 0.384 e. The van der Waals surface area contributed by atoms with Gasteiger partial charge in [-0.3, -0.25) is 4.79 Å². The van der Waals surface area contributed by atoms with E-state index in [4.69, 9.17) is 34.9 Å². The first-order chi connectivity index (χ1) is 34.3. The first-order valence-electron chi connectivity index (χ1n) is 26.7. The largest absolute Gasteiger partial charge is 0.416 e. The van der Waals surface area contributed by atoms with Crippen molar-refractivity contribution in [3.05, 3.63) is 135 Å². The number of carbonyl (C=O) groups excluding carboxylic acids is 1. The van der Waals surface area contributed by atoms with Gasteiger partial charge >= 0.3 is 6.18 Å². The number of aliphatic hydroxyl groups is 1. The van der Waals surface area contributed by atoms with Crippen LogP contribution in [0.3, 0.4) is 0 Å². The molecule has 0 spiro atoms. The van der Waals surface area contributed by atoms with Crippen molar-refractivity contribution >= 4 is 23.4 Å². The maximum absolute atomic E-state index is 15.6. The number of hydrogen-bond acceptors (Lipinski definition) is 6. The SMILES string of the molecule is [2H]C1=C(SC([2H])([2H])c2c([2H])c([2H])c([2H])c(F)c2F)N(CC(=O)N(Cc2c([2H])c([2H])c(-c3c([2H])c([2H])c(C(F)(F)F)c([2H])c3[2H])c([2H])c2[2H])C2CCN(C([2H])([2H])COC([2H])([2H])[2H])CC2)c2c([2H])c([2H])c(C)c([2H])c2C1O. The van der Waals surface area contributed by atoms with Crippen LogP contribution in [0.15, 0.2) is 95.7 Å². The van der Waals surface area contributed by atoms with Gasteiger partial charge in [0.2, 0.25) is 5.91 Å². The highest BCUT2D eigenvalue weighted by Crippen LogP contribution is 2.41.